The maximum absolute atomic E-state index is 9.34. The van der Waals surface area contributed by atoms with Gasteiger partial charge < -0.3 is 5.11 Å². The van der Waals surface area contributed by atoms with Gasteiger partial charge in [-0.2, -0.15) is 0 Å². The quantitative estimate of drug-likeness (QED) is 0.921. The monoisotopic (exact) mass is 281 g/mol. The van der Waals surface area contributed by atoms with Gasteiger partial charge >= 0.3 is 0 Å². The summed E-state index contributed by atoms with van der Waals surface area (Å²) in [5, 5.41) is 9.34. The minimum absolute atomic E-state index is 0.226. The maximum atomic E-state index is 9.34. The van der Waals surface area contributed by atoms with Crippen LogP contribution in [0.5, 0.6) is 0 Å². The minimum Gasteiger partial charge on any atom is -0.395 e. The van der Waals surface area contributed by atoms with Gasteiger partial charge in [-0.1, -0.05) is 52.3 Å². The molecule has 0 amide bonds. The van der Waals surface area contributed by atoms with E-state index in [2.05, 4.69) is 51.2 Å². The highest BCUT2D eigenvalue weighted by molar-refractivity contribution is 9.11. The van der Waals surface area contributed by atoms with Crippen LogP contribution in [0.4, 0.5) is 0 Å². The zero-order valence-corrected chi connectivity index (χ0v) is 10.7. The van der Waals surface area contributed by atoms with Crippen LogP contribution in [-0.4, -0.2) is 29.2 Å². The smallest absolute Gasteiger partial charge is 0.0590 e. The summed E-state index contributed by atoms with van der Waals surface area (Å²) in [6.07, 6.45) is 3.08. The molecule has 2 rings (SSSR count). The van der Waals surface area contributed by atoms with Crippen LogP contribution in [0, 0.1) is 0 Å². The van der Waals surface area contributed by atoms with E-state index in [9.17, 15) is 5.11 Å². The maximum Gasteiger partial charge on any atom is 0.0590 e. The molecule has 1 aromatic rings. The van der Waals surface area contributed by atoms with Crippen molar-refractivity contribution in [3.05, 3.63) is 46.5 Å². The first-order chi connectivity index (χ1) is 7.79. The number of aliphatic hydroxyl groups is 1. The van der Waals surface area contributed by atoms with Crippen LogP contribution in [0.25, 0.3) is 0 Å². The number of hydrogen-bond donors (Lipinski definition) is 1. The van der Waals surface area contributed by atoms with Crippen molar-refractivity contribution < 1.29 is 5.11 Å². The average molecular weight is 282 g/mol. The molecule has 0 radical (unpaired) electrons. The van der Waals surface area contributed by atoms with Crippen molar-refractivity contribution in [1.82, 2.24) is 4.90 Å². The van der Waals surface area contributed by atoms with Crippen molar-refractivity contribution in [2.75, 3.05) is 13.2 Å². The molecule has 1 aliphatic rings. The van der Waals surface area contributed by atoms with Gasteiger partial charge in [0.15, 0.2) is 0 Å². The number of nitrogens with zero attached hydrogens (tertiary/aromatic N) is 1. The third-order valence-electron chi connectivity index (χ3n) is 2.92. The summed E-state index contributed by atoms with van der Waals surface area (Å²) in [6, 6.07) is 10.6. The van der Waals surface area contributed by atoms with E-state index in [1.54, 1.807) is 0 Å². The Kier molecular flexibility index (Phi) is 4.16. The molecule has 0 aromatic heterocycles. The van der Waals surface area contributed by atoms with Gasteiger partial charge in [0.1, 0.15) is 0 Å². The number of aliphatic hydroxyl groups excluding tert-OH is 1. The molecule has 3 heteroatoms. The molecule has 1 aliphatic heterocycles. The van der Waals surface area contributed by atoms with Gasteiger partial charge in [0.2, 0.25) is 0 Å². The van der Waals surface area contributed by atoms with Crippen molar-refractivity contribution in [2.24, 2.45) is 0 Å². The standard InChI is InChI=1S/C13H16BrNO/c14-12-6-7-13(10-16)15(9-12)8-11-4-2-1-3-5-11/h1-6,13,16H,7-10H2. The Morgan fingerprint density at radius 3 is 2.75 bits per heavy atom. The predicted molar refractivity (Wildman–Crippen MR) is 69.4 cm³/mol. The third-order valence-corrected chi connectivity index (χ3v) is 3.50. The summed E-state index contributed by atoms with van der Waals surface area (Å²) >= 11 is 3.54. The van der Waals surface area contributed by atoms with Crippen LogP contribution in [0.15, 0.2) is 40.9 Å². The lowest BCUT2D eigenvalue weighted by Gasteiger charge is -2.33. The summed E-state index contributed by atoms with van der Waals surface area (Å²) in [7, 11) is 0. The Balaban J connectivity index is 2.05. The summed E-state index contributed by atoms with van der Waals surface area (Å²) in [5.41, 5.74) is 1.29. The Morgan fingerprint density at radius 1 is 1.31 bits per heavy atom. The molecule has 0 saturated heterocycles. The molecule has 0 saturated carbocycles. The second-order valence-corrected chi connectivity index (χ2v) is 5.13. The third kappa shape index (κ3) is 2.94. The summed E-state index contributed by atoms with van der Waals surface area (Å²) in [4.78, 5) is 2.30. The fourth-order valence-electron chi connectivity index (χ4n) is 1.99. The van der Waals surface area contributed by atoms with E-state index in [1.165, 1.54) is 10.0 Å². The van der Waals surface area contributed by atoms with E-state index in [1.807, 2.05) is 6.07 Å². The van der Waals surface area contributed by atoms with Gasteiger partial charge in [0.05, 0.1) is 6.61 Å². The molecule has 1 aromatic carbocycles. The van der Waals surface area contributed by atoms with Crippen molar-refractivity contribution in [3.8, 4) is 0 Å². The molecule has 1 atom stereocenters. The molecule has 2 nitrogen and oxygen atoms in total. The van der Waals surface area contributed by atoms with Gasteiger partial charge in [-0.15, -0.1) is 0 Å². The van der Waals surface area contributed by atoms with Crippen molar-refractivity contribution in [1.29, 1.82) is 0 Å². The fraction of sp³-hybridized carbons (Fsp3) is 0.385. The molecule has 1 unspecified atom stereocenters. The first kappa shape index (κ1) is 11.8. The zero-order chi connectivity index (χ0) is 11.4. The SMILES string of the molecule is OCC1CC=C(Br)CN1Cc1ccccc1. The largest absolute Gasteiger partial charge is 0.395 e. The summed E-state index contributed by atoms with van der Waals surface area (Å²) in [6.45, 7) is 2.01. The number of benzene rings is 1. The lowest BCUT2D eigenvalue weighted by molar-refractivity contribution is 0.122. The van der Waals surface area contributed by atoms with Gasteiger partial charge in [-0.05, 0) is 12.0 Å². The molecule has 16 heavy (non-hydrogen) atoms. The number of halogens is 1. The van der Waals surface area contributed by atoms with E-state index < -0.39 is 0 Å². The second kappa shape index (κ2) is 5.62. The second-order valence-electron chi connectivity index (χ2n) is 4.11. The zero-order valence-electron chi connectivity index (χ0n) is 9.14. The minimum atomic E-state index is 0.226. The fourth-order valence-corrected chi connectivity index (χ4v) is 2.50. The van der Waals surface area contributed by atoms with Crippen LogP contribution in [-0.2, 0) is 6.54 Å². The molecular weight excluding hydrogens is 266 g/mol. The van der Waals surface area contributed by atoms with E-state index in [0.717, 1.165) is 19.5 Å². The highest BCUT2D eigenvalue weighted by Crippen LogP contribution is 2.22. The summed E-state index contributed by atoms with van der Waals surface area (Å²) < 4.78 is 1.22. The molecule has 86 valence electrons. The summed E-state index contributed by atoms with van der Waals surface area (Å²) in [5.74, 6) is 0. The Labute approximate surface area is 105 Å². The lowest BCUT2D eigenvalue weighted by Crippen LogP contribution is -2.40. The van der Waals surface area contributed by atoms with Crippen molar-refractivity contribution in [3.63, 3.8) is 0 Å². The average Bonchev–Trinajstić information content (AvgIpc) is 2.31. The first-order valence-corrected chi connectivity index (χ1v) is 6.32. The molecule has 0 fully saturated rings. The lowest BCUT2D eigenvalue weighted by atomic mass is 10.1. The number of hydrogen-bond acceptors (Lipinski definition) is 2. The van der Waals surface area contributed by atoms with Gasteiger partial charge in [-0.25, -0.2) is 0 Å². The Hall–Kier alpha value is -0.640. The molecule has 0 bridgehead atoms. The van der Waals surface area contributed by atoms with E-state index in [4.69, 9.17) is 0 Å². The number of rotatable bonds is 3. The van der Waals surface area contributed by atoms with Crippen LogP contribution < -0.4 is 0 Å². The van der Waals surface area contributed by atoms with Crippen molar-refractivity contribution in [2.45, 2.75) is 19.0 Å². The van der Waals surface area contributed by atoms with E-state index in [-0.39, 0.29) is 12.6 Å². The molecule has 0 aliphatic carbocycles. The first-order valence-electron chi connectivity index (χ1n) is 5.53. The molecular formula is C13H16BrNO. The topological polar surface area (TPSA) is 23.5 Å². The molecule has 1 heterocycles. The Bertz CT molecular complexity index is 363. The van der Waals surface area contributed by atoms with Crippen LogP contribution in [0.2, 0.25) is 0 Å². The normalized spacial score (nSPS) is 21.9. The van der Waals surface area contributed by atoms with E-state index >= 15 is 0 Å². The predicted octanol–water partition coefficient (Wildman–Crippen LogP) is 2.53. The molecule has 0 spiro atoms. The van der Waals surface area contributed by atoms with E-state index in [0.29, 0.717) is 0 Å². The van der Waals surface area contributed by atoms with Crippen molar-refractivity contribution >= 4 is 15.9 Å². The van der Waals surface area contributed by atoms with Gasteiger partial charge in [0.25, 0.3) is 0 Å². The van der Waals surface area contributed by atoms with Crippen LogP contribution in [0.1, 0.15) is 12.0 Å². The highest BCUT2D eigenvalue weighted by Gasteiger charge is 2.21. The van der Waals surface area contributed by atoms with Crippen LogP contribution in [0.3, 0.4) is 0 Å². The van der Waals surface area contributed by atoms with Gasteiger partial charge in [-0.3, -0.25) is 4.90 Å². The molecule has 1 N–H and O–H groups in total. The van der Waals surface area contributed by atoms with Gasteiger partial charge in [0, 0.05) is 23.6 Å². The van der Waals surface area contributed by atoms with Crippen LogP contribution >= 0.6 is 15.9 Å². The Morgan fingerprint density at radius 2 is 2.06 bits per heavy atom. The highest BCUT2D eigenvalue weighted by atomic mass is 79.9.